The number of rotatable bonds is 5. The molecule has 2 aliphatic rings. The highest BCUT2D eigenvalue weighted by Crippen LogP contribution is 2.30. The second-order valence-corrected chi connectivity index (χ2v) is 6.95. The Morgan fingerprint density at radius 2 is 2.11 bits per heavy atom. The second-order valence-electron chi connectivity index (χ2n) is 6.31. The minimum atomic E-state index is 0.855. The Balaban J connectivity index is 1.82. The molecule has 0 aromatic carbocycles. The third-order valence-corrected chi connectivity index (χ3v) is 5.78. The normalized spacial score (nSPS) is 32.2. The van der Waals surface area contributed by atoms with Crippen molar-refractivity contribution in [2.45, 2.75) is 45.1 Å². The van der Waals surface area contributed by atoms with E-state index in [0.29, 0.717) is 0 Å². The van der Waals surface area contributed by atoms with Crippen LogP contribution in [-0.4, -0.2) is 54.4 Å². The predicted molar refractivity (Wildman–Crippen MR) is 82.4 cm³/mol. The largest absolute Gasteiger partial charge is 0.303 e. The minimum absolute atomic E-state index is 0.855. The fourth-order valence-corrected chi connectivity index (χ4v) is 4.41. The zero-order valence-corrected chi connectivity index (χ0v) is 13.7. The summed E-state index contributed by atoms with van der Waals surface area (Å²) in [5, 5.41) is 1.17. The highest BCUT2D eigenvalue weighted by atomic mass is 79.9. The Labute approximate surface area is 121 Å². The Morgan fingerprint density at radius 3 is 2.83 bits per heavy atom. The van der Waals surface area contributed by atoms with E-state index in [0.717, 1.165) is 17.9 Å². The maximum absolute atomic E-state index is 3.69. The lowest BCUT2D eigenvalue weighted by Crippen LogP contribution is -2.53. The van der Waals surface area contributed by atoms with Crippen LogP contribution < -0.4 is 0 Å². The number of nitrogens with zero attached hydrogens (tertiary/aromatic N) is 2. The minimum Gasteiger partial charge on any atom is -0.303 e. The maximum atomic E-state index is 3.69. The summed E-state index contributed by atoms with van der Waals surface area (Å²) < 4.78 is 0. The van der Waals surface area contributed by atoms with Crippen LogP contribution in [0, 0.1) is 11.8 Å². The summed E-state index contributed by atoms with van der Waals surface area (Å²) in [4.78, 5) is 5.35. The molecular weight excluding hydrogens is 288 g/mol. The van der Waals surface area contributed by atoms with Crippen LogP contribution in [0.15, 0.2) is 0 Å². The smallest absolute Gasteiger partial charge is 0.0145 e. The molecule has 2 saturated heterocycles. The van der Waals surface area contributed by atoms with Crippen molar-refractivity contribution in [3.8, 4) is 0 Å². The van der Waals surface area contributed by atoms with E-state index in [4.69, 9.17) is 0 Å². The van der Waals surface area contributed by atoms with Crippen molar-refractivity contribution in [3.05, 3.63) is 0 Å². The third kappa shape index (κ3) is 3.71. The molecule has 0 radical (unpaired) electrons. The first kappa shape index (κ1) is 14.8. The lowest BCUT2D eigenvalue weighted by molar-refractivity contribution is 0.0332. The van der Waals surface area contributed by atoms with Crippen molar-refractivity contribution in [1.29, 1.82) is 0 Å². The van der Waals surface area contributed by atoms with E-state index in [1.54, 1.807) is 0 Å². The van der Waals surface area contributed by atoms with Gasteiger partial charge in [0.25, 0.3) is 0 Å². The topological polar surface area (TPSA) is 6.48 Å². The van der Waals surface area contributed by atoms with Crippen LogP contribution in [0.25, 0.3) is 0 Å². The molecule has 3 atom stereocenters. The molecule has 0 amide bonds. The van der Waals surface area contributed by atoms with Gasteiger partial charge >= 0.3 is 0 Å². The molecule has 3 heteroatoms. The average Bonchev–Trinajstić information content (AvgIpc) is 2.38. The predicted octanol–water partition coefficient (Wildman–Crippen LogP) is 3.21. The van der Waals surface area contributed by atoms with Crippen molar-refractivity contribution in [2.24, 2.45) is 11.8 Å². The second kappa shape index (κ2) is 7.25. The fourth-order valence-electron chi connectivity index (χ4n) is 3.88. The Bertz CT molecular complexity index is 247. The zero-order valence-electron chi connectivity index (χ0n) is 12.1. The first-order chi connectivity index (χ1) is 8.74. The summed E-state index contributed by atoms with van der Waals surface area (Å²) in [7, 11) is 2.32. The van der Waals surface area contributed by atoms with Crippen LogP contribution in [0.5, 0.6) is 0 Å². The standard InChI is InChI=1S/C15H29BrN2/c1-3-5-13(10-16)11-18-9-7-15-14(12-18)6-4-8-17(15)2/h13-15H,3-12H2,1-2H3. The van der Waals surface area contributed by atoms with Crippen molar-refractivity contribution in [2.75, 3.05) is 38.6 Å². The molecule has 2 aliphatic heterocycles. The molecule has 2 fully saturated rings. The molecule has 0 aromatic rings. The van der Waals surface area contributed by atoms with Crippen LogP contribution in [0.4, 0.5) is 0 Å². The molecular formula is C15H29BrN2. The number of hydrogen-bond donors (Lipinski definition) is 0. The Kier molecular flexibility index (Phi) is 5.96. The highest BCUT2D eigenvalue weighted by molar-refractivity contribution is 9.09. The SMILES string of the molecule is CCCC(CBr)CN1CCC2C(CCCN2C)C1. The highest BCUT2D eigenvalue weighted by Gasteiger charge is 2.34. The maximum Gasteiger partial charge on any atom is 0.0145 e. The van der Waals surface area contributed by atoms with Crippen molar-refractivity contribution >= 4 is 15.9 Å². The third-order valence-electron chi connectivity index (χ3n) is 4.86. The molecule has 0 aliphatic carbocycles. The molecule has 0 aromatic heterocycles. The fraction of sp³-hybridized carbons (Fsp3) is 1.00. The van der Waals surface area contributed by atoms with E-state index in [9.17, 15) is 0 Å². The number of fused-ring (bicyclic) bond motifs is 1. The first-order valence-electron chi connectivity index (χ1n) is 7.73. The quantitative estimate of drug-likeness (QED) is 0.719. The summed E-state index contributed by atoms with van der Waals surface area (Å²) in [6.45, 7) is 7.60. The van der Waals surface area contributed by atoms with Crippen LogP contribution >= 0.6 is 15.9 Å². The average molecular weight is 317 g/mol. The van der Waals surface area contributed by atoms with Crippen molar-refractivity contribution in [3.63, 3.8) is 0 Å². The van der Waals surface area contributed by atoms with Gasteiger partial charge in [0, 0.05) is 24.5 Å². The number of alkyl halides is 1. The Morgan fingerprint density at radius 1 is 1.28 bits per heavy atom. The van der Waals surface area contributed by atoms with Gasteiger partial charge in [0.15, 0.2) is 0 Å². The number of hydrogen-bond acceptors (Lipinski definition) is 2. The first-order valence-corrected chi connectivity index (χ1v) is 8.85. The zero-order chi connectivity index (χ0) is 13.0. The van der Waals surface area contributed by atoms with Gasteiger partial charge in [-0.2, -0.15) is 0 Å². The van der Waals surface area contributed by atoms with E-state index >= 15 is 0 Å². The van der Waals surface area contributed by atoms with Crippen LogP contribution in [0.3, 0.4) is 0 Å². The van der Waals surface area contributed by atoms with Gasteiger partial charge in [0.05, 0.1) is 0 Å². The van der Waals surface area contributed by atoms with Crippen LogP contribution in [-0.2, 0) is 0 Å². The summed E-state index contributed by atoms with van der Waals surface area (Å²) in [5.41, 5.74) is 0. The van der Waals surface area contributed by atoms with Gasteiger partial charge in [-0.05, 0) is 57.7 Å². The molecule has 18 heavy (non-hydrogen) atoms. The van der Waals surface area contributed by atoms with Gasteiger partial charge in [0.2, 0.25) is 0 Å². The molecule has 2 heterocycles. The molecule has 106 valence electrons. The number of likely N-dealkylation sites (tertiary alicyclic amines) is 2. The van der Waals surface area contributed by atoms with Gasteiger partial charge in [-0.1, -0.05) is 29.3 Å². The molecule has 2 nitrogen and oxygen atoms in total. The molecule has 2 rings (SSSR count). The van der Waals surface area contributed by atoms with E-state index in [2.05, 4.69) is 39.7 Å². The van der Waals surface area contributed by atoms with E-state index < -0.39 is 0 Å². The summed E-state index contributed by atoms with van der Waals surface area (Å²) >= 11 is 3.69. The van der Waals surface area contributed by atoms with Crippen molar-refractivity contribution in [1.82, 2.24) is 9.80 Å². The summed E-state index contributed by atoms with van der Waals surface area (Å²) in [6.07, 6.45) is 6.94. The summed E-state index contributed by atoms with van der Waals surface area (Å²) in [6, 6.07) is 0.878. The van der Waals surface area contributed by atoms with E-state index in [1.165, 1.54) is 63.6 Å². The molecule has 0 spiro atoms. The number of piperidine rings is 2. The molecule has 0 saturated carbocycles. The van der Waals surface area contributed by atoms with E-state index in [-0.39, 0.29) is 0 Å². The van der Waals surface area contributed by atoms with Gasteiger partial charge in [-0.3, -0.25) is 0 Å². The van der Waals surface area contributed by atoms with Crippen molar-refractivity contribution < 1.29 is 0 Å². The lowest BCUT2D eigenvalue weighted by atomic mass is 9.84. The van der Waals surface area contributed by atoms with Gasteiger partial charge in [0.1, 0.15) is 0 Å². The molecule has 3 unspecified atom stereocenters. The van der Waals surface area contributed by atoms with E-state index in [1.807, 2.05) is 0 Å². The number of halogens is 1. The van der Waals surface area contributed by atoms with Crippen LogP contribution in [0.1, 0.15) is 39.0 Å². The molecule has 0 bridgehead atoms. The lowest BCUT2D eigenvalue weighted by Gasteiger charge is -2.46. The monoisotopic (exact) mass is 316 g/mol. The van der Waals surface area contributed by atoms with Gasteiger partial charge < -0.3 is 9.80 Å². The molecule has 0 N–H and O–H groups in total. The van der Waals surface area contributed by atoms with Gasteiger partial charge in [-0.15, -0.1) is 0 Å². The van der Waals surface area contributed by atoms with Crippen LogP contribution in [0.2, 0.25) is 0 Å². The Hall–Kier alpha value is 0.400. The summed E-state index contributed by atoms with van der Waals surface area (Å²) in [5.74, 6) is 1.79. The van der Waals surface area contributed by atoms with Gasteiger partial charge in [-0.25, -0.2) is 0 Å².